The number of methoxy groups -OCH3 is 1. The van der Waals surface area contributed by atoms with Gasteiger partial charge in [0.1, 0.15) is 4.64 Å². The van der Waals surface area contributed by atoms with Crippen molar-refractivity contribution in [3.05, 3.63) is 16.4 Å². The lowest BCUT2D eigenvalue weighted by Crippen LogP contribution is -2.09. The fourth-order valence-electron chi connectivity index (χ4n) is 1.62. The van der Waals surface area contributed by atoms with E-state index in [2.05, 4.69) is 23.6 Å². The van der Waals surface area contributed by atoms with Crippen molar-refractivity contribution in [3.8, 4) is 0 Å². The molecule has 14 heavy (non-hydrogen) atoms. The fourth-order valence-corrected chi connectivity index (χ4v) is 1.95. The van der Waals surface area contributed by atoms with Crippen LogP contribution in [0.5, 0.6) is 0 Å². The summed E-state index contributed by atoms with van der Waals surface area (Å²) in [7, 11) is 1.69. The molecule has 0 saturated heterocycles. The molecule has 1 aromatic rings. The number of hydrogen-bond donors (Lipinski definition) is 1. The summed E-state index contributed by atoms with van der Waals surface area (Å²) in [6.07, 6.45) is 2.19. The van der Waals surface area contributed by atoms with Gasteiger partial charge < -0.3 is 4.74 Å². The number of aromatic amines is 1. The molecule has 0 aromatic carbocycles. The maximum absolute atomic E-state index is 5.27. The summed E-state index contributed by atoms with van der Waals surface area (Å²) < 4.78 is 7.98. The normalized spacial score (nSPS) is 11.1. The summed E-state index contributed by atoms with van der Waals surface area (Å²) in [4.78, 5) is 0. The Morgan fingerprint density at radius 2 is 2.14 bits per heavy atom. The number of ether oxygens (including phenoxy) is 1. The van der Waals surface area contributed by atoms with Crippen LogP contribution in [0.1, 0.15) is 38.4 Å². The summed E-state index contributed by atoms with van der Waals surface area (Å²) in [5.41, 5.74) is 1.05. The molecule has 0 atom stereocenters. The molecule has 1 heterocycles. The van der Waals surface area contributed by atoms with Crippen molar-refractivity contribution >= 4 is 12.2 Å². The minimum absolute atomic E-state index is 0.480. The van der Waals surface area contributed by atoms with Gasteiger partial charge in [-0.3, -0.25) is 9.78 Å². The van der Waals surface area contributed by atoms with E-state index in [0.29, 0.717) is 12.6 Å². The molecule has 1 rings (SSSR count). The summed E-state index contributed by atoms with van der Waals surface area (Å²) in [5.74, 6) is 0. The number of rotatable bonds is 5. The lowest BCUT2D eigenvalue weighted by molar-refractivity contribution is 0.180. The smallest absolute Gasteiger partial charge is 0.122 e. The van der Waals surface area contributed by atoms with Gasteiger partial charge in [0.05, 0.1) is 18.3 Å². The van der Waals surface area contributed by atoms with E-state index in [-0.39, 0.29) is 0 Å². The highest BCUT2D eigenvalue weighted by Crippen LogP contribution is 2.16. The van der Waals surface area contributed by atoms with Crippen molar-refractivity contribution in [1.82, 2.24) is 9.78 Å². The molecule has 0 radical (unpaired) electrons. The quantitative estimate of drug-likeness (QED) is 0.763. The van der Waals surface area contributed by atoms with E-state index in [0.717, 1.165) is 23.2 Å². The van der Waals surface area contributed by atoms with E-state index in [4.69, 9.17) is 17.0 Å². The maximum Gasteiger partial charge on any atom is 0.122 e. The average molecular weight is 214 g/mol. The molecule has 0 aliphatic heterocycles. The van der Waals surface area contributed by atoms with Gasteiger partial charge in [-0.15, -0.1) is 0 Å². The Morgan fingerprint density at radius 3 is 2.64 bits per heavy atom. The van der Waals surface area contributed by atoms with Crippen molar-refractivity contribution in [2.24, 2.45) is 0 Å². The molecule has 0 aliphatic carbocycles. The zero-order valence-electron chi connectivity index (χ0n) is 9.04. The number of nitrogens with zero attached hydrogens (tertiary/aromatic N) is 1. The van der Waals surface area contributed by atoms with Gasteiger partial charge in [-0.05, 0) is 18.9 Å². The standard InChI is InChI=1S/C10H18N2OS/c1-4-9(5-2)12-10(14)6-8(11-12)7-13-3/h6,9,11H,4-5,7H2,1-3H3. The molecule has 0 unspecified atom stereocenters. The van der Waals surface area contributed by atoms with Gasteiger partial charge >= 0.3 is 0 Å². The lowest BCUT2D eigenvalue weighted by atomic mass is 10.2. The highest BCUT2D eigenvalue weighted by molar-refractivity contribution is 7.71. The van der Waals surface area contributed by atoms with Crippen LogP contribution in [0.25, 0.3) is 0 Å². The zero-order chi connectivity index (χ0) is 10.6. The summed E-state index contributed by atoms with van der Waals surface area (Å²) >= 11 is 5.27. The number of hydrogen-bond acceptors (Lipinski definition) is 2. The molecule has 0 aliphatic rings. The first-order chi connectivity index (χ1) is 6.72. The molecular weight excluding hydrogens is 196 g/mol. The van der Waals surface area contributed by atoms with Gasteiger partial charge in [-0.2, -0.15) is 0 Å². The third-order valence-corrected chi connectivity index (χ3v) is 2.72. The molecule has 1 N–H and O–H groups in total. The van der Waals surface area contributed by atoms with Gasteiger partial charge in [0.15, 0.2) is 0 Å². The molecule has 0 fully saturated rings. The molecule has 0 saturated carbocycles. The van der Waals surface area contributed by atoms with Gasteiger partial charge in [-0.25, -0.2) is 0 Å². The van der Waals surface area contributed by atoms with Crippen LogP contribution >= 0.6 is 12.2 Å². The van der Waals surface area contributed by atoms with Crippen molar-refractivity contribution in [2.45, 2.75) is 39.3 Å². The Morgan fingerprint density at radius 1 is 1.50 bits per heavy atom. The second kappa shape index (κ2) is 5.32. The van der Waals surface area contributed by atoms with Crippen molar-refractivity contribution in [1.29, 1.82) is 0 Å². The van der Waals surface area contributed by atoms with E-state index >= 15 is 0 Å². The number of nitrogens with one attached hydrogen (secondary N) is 1. The largest absolute Gasteiger partial charge is 0.378 e. The summed E-state index contributed by atoms with van der Waals surface area (Å²) in [6, 6.07) is 2.45. The minimum Gasteiger partial charge on any atom is -0.378 e. The lowest BCUT2D eigenvalue weighted by Gasteiger charge is -2.14. The fraction of sp³-hybridized carbons (Fsp3) is 0.700. The van der Waals surface area contributed by atoms with Crippen LogP contribution in [-0.4, -0.2) is 16.9 Å². The van der Waals surface area contributed by atoms with Crippen LogP contribution in [-0.2, 0) is 11.3 Å². The van der Waals surface area contributed by atoms with Crippen LogP contribution in [0.3, 0.4) is 0 Å². The maximum atomic E-state index is 5.27. The predicted molar refractivity (Wildman–Crippen MR) is 59.9 cm³/mol. The Balaban J connectivity index is 2.91. The Kier molecular flexibility index (Phi) is 4.35. The molecule has 3 nitrogen and oxygen atoms in total. The van der Waals surface area contributed by atoms with E-state index < -0.39 is 0 Å². The van der Waals surface area contributed by atoms with Crippen molar-refractivity contribution in [2.75, 3.05) is 7.11 Å². The molecule has 4 heteroatoms. The first kappa shape index (κ1) is 11.5. The Hall–Kier alpha value is -0.610. The second-order valence-corrected chi connectivity index (χ2v) is 3.81. The molecule has 0 bridgehead atoms. The first-order valence-corrected chi connectivity index (χ1v) is 5.43. The zero-order valence-corrected chi connectivity index (χ0v) is 9.86. The van der Waals surface area contributed by atoms with Crippen molar-refractivity contribution in [3.63, 3.8) is 0 Å². The molecular formula is C10H18N2OS. The van der Waals surface area contributed by atoms with E-state index in [1.165, 1.54) is 0 Å². The highest BCUT2D eigenvalue weighted by Gasteiger charge is 2.08. The SMILES string of the molecule is CCC(CC)n1[nH]c(COC)cc1=S. The molecule has 1 aromatic heterocycles. The average Bonchev–Trinajstić information content (AvgIpc) is 2.51. The van der Waals surface area contributed by atoms with Gasteiger partial charge in [0, 0.05) is 7.11 Å². The Labute approximate surface area is 90.1 Å². The highest BCUT2D eigenvalue weighted by atomic mass is 32.1. The minimum atomic E-state index is 0.480. The molecule has 80 valence electrons. The van der Waals surface area contributed by atoms with Crippen molar-refractivity contribution < 1.29 is 4.74 Å². The van der Waals surface area contributed by atoms with Crippen LogP contribution in [0.4, 0.5) is 0 Å². The second-order valence-electron chi connectivity index (χ2n) is 3.39. The van der Waals surface area contributed by atoms with Crippen LogP contribution in [0.15, 0.2) is 6.07 Å². The first-order valence-electron chi connectivity index (χ1n) is 5.02. The van der Waals surface area contributed by atoms with Crippen LogP contribution in [0.2, 0.25) is 0 Å². The third kappa shape index (κ3) is 2.45. The van der Waals surface area contributed by atoms with Crippen LogP contribution < -0.4 is 0 Å². The predicted octanol–water partition coefficient (Wildman–Crippen LogP) is 3.05. The third-order valence-electron chi connectivity index (χ3n) is 2.41. The molecule has 0 spiro atoms. The summed E-state index contributed by atoms with van der Waals surface area (Å²) in [6.45, 7) is 4.94. The van der Waals surface area contributed by atoms with Gasteiger partial charge in [0.25, 0.3) is 0 Å². The number of aromatic nitrogens is 2. The van der Waals surface area contributed by atoms with E-state index in [9.17, 15) is 0 Å². The Bertz CT molecular complexity index is 325. The number of H-pyrrole nitrogens is 1. The van der Waals surface area contributed by atoms with Crippen LogP contribution in [0, 0.1) is 4.64 Å². The molecule has 0 amide bonds. The van der Waals surface area contributed by atoms with Gasteiger partial charge in [-0.1, -0.05) is 26.1 Å². The van der Waals surface area contributed by atoms with Gasteiger partial charge in [0.2, 0.25) is 0 Å². The monoisotopic (exact) mass is 214 g/mol. The van der Waals surface area contributed by atoms with E-state index in [1.54, 1.807) is 7.11 Å². The van der Waals surface area contributed by atoms with E-state index in [1.807, 2.05) is 6.07 Å². The summed E-state index contributed by atoms with van der Waals surface area (Å²) in [5, 5.41) is 3.27. The topological polar surface area (TPSA) is 29.9 Å².